The van der Waals surface area contributed by atoms with Crippen LogP contribution in [0.5, 0.6) is 0 Å². The average Bonchev–Trinajstić information content (AvgIpc) is 2.89. The highest BCUT2D eigenvalue weighted by Gasteiger charge is 2.23. The number of carbonyl (C=O) groups excluding carboxylic acids is 1. The molecule has 0 aromatic carbocycles. The predicted molar refractivity (Wildman–Crippen MR) is 85.0 cm³/mol. The van der Waals surface area contributed by atoms with Crippen LogP contribution in [0.15, 0.2) is 30.6 Å². The van der Waals surface area contributed by atoms with E-state index >= 15 is 0 Å². The SMILES string of the molecule is NC(=O)N(O)CC1CCc2cc(Cc3cccnc3)sc2C1. The first-order valence-electron chi connectivity index (χ1n) is 7.37. The number of aryl methyl sites for hydroxylation is 1. The molecule has 1 atom stereocenters. The third-order valence-corrected chi connectivity index (χ3v) is 5.23. The van der Waals surface area contributed by atoms with Crippen molar-refractivity contribution in [2.24, 2.45) is 11.7 Å². The molecule has 116 valence electrons. The Morgan fingerprint density at radius 3 is 3.14 bits per heavy atom. The van der Waals surface area contributed by atoms with Crippen LogP contribution >= 0.6 is 11.3 Å². The van der Waals surface area contributed by atoms with Crippen LogP contribution in [0, 0.1) is 5.92 Å². The molecule has 0 aliphatic heterocycles. The number of hydroxylamine groups is 2. The van der Waals surface area contributed by atoms with Gasteiger partial charge in [-0.15, -0.1) is 11.3 Å². The Balaban J connectivity index is 1.66. The van der Waals surface area contributed by atoms with Crippen LogP contribution in [0.4, 0.5) is 4.79 Å². The minimum absolute atomic E-state index is 0.273. The summed E-state index contributed by atoms with van der Waals surface area (Å²) < 4.78 is 0. The molecule has 0 spiro atoms. The molecule has 1 unspecified atom stereocenters. The van der Waals surface area contributed by atoms with Gasteiger partial charge in [0, 0.05) is 28.6 Å². The molecule has 2 aromatic rings. The largest absolute Gasteiger partial charge is 0.350 e. The number of nitrogens with two attached hydrogens (primary N) is 1. The summed E-state index contributed by atoms with van der Waals surface area (Å²) in [5.74, 6) is 0.273. The summed E-state index contributed by atoms with van der Waals surface area (Å²) in [6.07, 6.45) is 7.46. The topological polar surface area (TPSA) is 79.5 Å². The average molecular weight is 317 g/mol. The first kappa shape index (κ1) is 15.0. The Labute approximate surface area is 133 Å². The van der Waals surface area contributed by atoms with E-state index < -0.39 is 6.03 Å². The third-order valence-electron chi connectivity index (χ3n) is 4.03. The minimum atomic E-state index is -0.783. The fraction of sp³-hybridized carbons (Fsp3) is 0.375. The zero-order valence-corrected chi connectivity index (χ0v) is 13.1. The zero-order chi connectivity index (χ0) is 15.5. The summed E-state index contributed by atoms with van der Waals surface area (Å²) in [4.78, 5) is 17.8. The Kier molecular flexibility index (Phi) is 4.40. The van der Waals surface area contributed by atoms with E-state index in [0.29, 0.717) is 11.6 Å². The summed E-state index contributed by atoms with van der Waals surface area (Å²) in [6.45, 7) is 0.310. The number of pyridine rings is 1. The first-order chi connectivity index (χ1) is 10.6. The van der Waals surface area contributed by atoms with Gasteiger partial charge in [0.1, 0.15) is 0 Å². The molecule has 0 fully saturated rings. The fourth-order valence-corrected chi connectivity index (χ4v) is 4.29. The van der Waals surface area contributed by atoms with Crippen molar-refractivity contribution < 1.29 is 10.0 Å². The molecule has 2 heterocycles. The van der Waals surface area contributed by atoms with Gasteiger partial charge >= 0.3 is 6.03 Å². The molecule has 0 saturated heterocycles. The van der Waals surface area contributed by atoms with Crippen LogP contribution in [-0.4, -0.2) is 27.8 Å². The molecule has 22 heavy (non-hydrogen) atoms. The Morgan fingerprint density at radius 1 is 1.55 bits per heavy atom. The standard InChI is InChI=1S/C16H19N3O2S/c17-16(20)19(21)10-12-3-4-13-8-14(22-15(13)7-12)6-11-2-1-5-18-9-11/h1-2,5,8-9,12,21H,3-4,6-7,10H2,(H2,17,20). The van der Waals surface area contributed by atoms with E-state index in [9.17, 15) is 10.0 Å². The number of aromatic nitrogens is 1. The van der Waals surface area contributed by atoms with Crippen molar-refractivity contribution in [2.75, 3.05) is 6.54 Å². The fourth-order valence-electron chi connectivity index (χ4n) is 2.92. The summed E-state index contributed by atoms with van der Waals surface area (Å²) in [6, 6.07) is 5.55. The lowest BCUT2D eigenvalue weighted by Crippen LogP contribution is -2.37. The molecule has 1 aliphatic carbocycles. The minimum Gasteiger partial charge on any atom is -0.350 e. The number of carbonyl (C=O) groups is 1. The molecule has 0 radical (unpaired) electrons. The van der Waals surface area contributed by atoms with Crippen molar-refractivity contribution in [3.63, 3.8) is 0 Å². The van der Waals surface area contributed by atoms with Gasteiger partial charge in [-0.1, -0.05) is 6.07 Å². The molecule has 5 nitrogen and oxygen atoms in total. The number of primary amides is 1. The van der Waals surface area contributed by atoms with Gasteiger partial charge in [0.05, 0.1) is 6.54 Å². The maximum atomic E-state index is 10.9. The molecule has 6 heteroatoms. The Bertz CT molecular complexity index is 657. The second kappa shape index (κ2) is 6.46. The van der Waals surface area contributed by atoms with E-state index in [-0.39, 0.29) is 5.92 Å². The molecule has 2 amide bonds. The van der Waals surface area contributed by atoms with Gasteiger partial charge in [-0.3, -0.25) is 10.2 Å². The first-order valence-corrected chi connectivity index (χ1v) is 8.18. The van der Waals surface area contributed by atoms with E-state index in [2.05, 4.69) is 17.1 Å². The van der Waals surface area contributed by atoms with Gasteiger partial charge in [0.2, 0.25) is 0 Å². The quantitative estimate of drug-likeness (QED) is 0.672. The normalized spacial score (nSPS) is 17.0. The summed E-state index contributed by atoms with van der Waals surface area (Å²) in [5.41, 5.74) is 7.69. The van der Waals surface area contributed by atoms with Crippen LogP contribution < -0.4 is 5.73 Å². The van der Waals surface area contributed by atoms with Crippen molar-refractivity contribution >= 4 is 17.4 Å². The van der Waals surface area contributed by atoms with Crippen LogP contribution in [0.2, 0.25) is 0 Å². The van der Waals surface area contributed by atoms with Crippen LogP contribution in [-0.2, 0) is 19.3 Å². The number of nitrogens with zero attached hydrogens (tertiary/aromatic N) is 2. The number of thiophene rings is 1. The summed E-state index contributed by atoms with van der Waals surface area (Å²) in [5, 5.41) is 10.1. The Hall–Kier alpha value is -1.92. The number of rotatable bonds is 4. The van der Waals surface area contributed by atoms with E-state index in [0.717, 1.165) is 25.7 Å². The van der Waals surface area contributed by atoms with Gasteiger partial charge in [-0.2, -0.15) is 0 Å². The monoisotopic (exact) mass is 317 g/mol. The molecule has 0 bridgehead atoms. The smallest absolute Gasteiger partial charge is 0.338 e. The van der Waals surface area contributed by atoms with Gasteiger partial charge in [0.15, 0.2) is 0 Å². The van der Waals surface area contributed by atoms with Crippen molar-refractivity contribution in [3.8, 4) is 0 Å². The lowest BCUT2D eigenvalue weighted by atomic mass is 9.88. The number of hydrogen-bond donors (Lipinski definition) is 2. The second-order valence-corrected chi connectivity index (χ2v) is 6.95. The molecule has 3 rings (SSSR count). The van der Waals surface area contributed by atoms with E-state index in [4.69, 9.17) is 5.73 Å². The highest BCUT2D eigenvalue weighted by Crippen LogP contribution is 2.33. The molecular weight excluding hydrogens is 298 g/mol. The highest BCUT2D eigenvalue weighted by molar-refractivity contribution is 7.12. The van der Waals surface area contributed by atoms with Gasteiger partial charge in [-0.05, 0) is 48.4 Å². The lowest BCUT2D eigenvalue weighted by Gasteiger charge is -2.24. The van der Waals surface area contributed by atoms with Gasteiger partial charge in [0.25, 0.3) is 0 Å². The van der Waals surface area contributed by atoms with Crippen molar-refractivity contribution in [1.82, 2.24) is 10.0 Å². The van der Waals surface area contributed by atoms with Crippen LogP contribution in [0.3, 0.4) is 0 Å². The Morgan fingerprint density at radius 2 is 2.41 bits per heavy atom. The van der Waals surface area contributed by atoms with Crippen LogP contribution in [0.1, 0.15) is 27.3 Å². The molecule has 3 N–H and O–H groups in total. The third kappa shape index (κ3) is 3.45. The molecule has 1 aliphatic rings. The molecule has 0 saturated carbocycles. The van der Waals surface area contributed by atoms with E-state index in [1.807, 2.05) is 23.6 Å². The van der Waals surface area contributed by atoms with Crippen molar-refractivity contribution in [3.05, 3.63) is 51.5 Å². The maximum Gasteiger partial charge on any atom is 0.338 e. The van der Waals surface area contributed by atoms with E-state index in [1.54, 1.807) is 6.20 Å². The number of fused-ring (bicyclic) bond motifs is 1. The highest BCUT2D eigenvalue weighted by atomic mass is 32.1. The van der Waals surface area contributed by atoms with Crippen molar-refractivity contribution in [2.45, 2.75) is 25.7 Å². The van der Waals surface area contributed by atoms with Gasteiger partial charge in [-0.25, -0.2) is 9.86 Å². The summed E-state index contributed by atoms with van der Waals surface area (Å²) in [7, 11) is 0. The molecular formula is C16H19N3O2S. The lowest BCUT2D eigenvalue weighted by molar-refractivity contribution is -0.0515. The zero-order valence-electron chi connectivity index (χ0n) is 12.2. The summed E-state index contributed by atoms with van der Waals surface area (Å²) >= 11 is 1.83. The number of hydrogen-bond acceptors (Lipinski definition) is 4. The number of amides is 2. The molecule has 2 aromatic heterocycles. The predicted octanol–water partition coefficient (Wildman–Crippen LogP) is 2.61. The maximum absolute atomic E-state index is 10.9. The van der Waals surface area contributed by atoms with E-state index in [1.165, 1.54) is 20.9 Å². The second-order valence-electron chi connectivity index (χ2n) is 5.73. The number of urea groups is 1. The van der Waals surface area contributed by atoms with Crippen LogP contribution in [0.25, 0.3) is 0 Å². The van der Waals surface area contributed by atoms with Gasteiger partial charge < -0.3 is 5.73 Å². The van der Waals surface area contributed by atoms with Crippen molar-refractivity contribution in [1.29, 1.82) is 0 Å².